The molecule has 1 fully saturated rings. The van der Waals surface area contributed by atoms with Gasteiger partial charge in [0, 0.05) is 18.8 Å². The van der Waals surface area contributed by atoms with Crippen molar-refractivity contribution in [1.29, 1.82) is 0 Å². The zero-order chi connectivity index (χ0) is 13.9. The van der Waals surface area contributed by atoms with Crippen molar-refractivity contribution in [2.24, 2.45) is 0 Å². The van der Waals surface area contributed by atoms with Gasteiger partial charge in [0.15, 0.2) is 0 Å². The molecular formula is C13H20N2O3S. The van der Waals surface area contributed by atoms with Gasteiger partial charge in [0.25, 0.3) is 0 Å². The third-order valence-corrected chi connectivity index (χ3v) is 4.53. The van der Waals surface area contributed by atoms with E-state index in [4.69, 9.17) is 4.74 Å². The van der Waals surface area contributed by atoms with Gasteiger partial charge in [0.1, 0.15) is 0 Å². The largest absolute Gasteiger partial charge is 0.378 e. The van der Waals surface area contributed by atoms with Gasteiger partial charge in [-0.25, -0.2) is 8.42 Å². The number of nitrogens with zero attached hydrogens (tertiary/aromatic N) is 1. The van der Waals surface area contributed by atoms with Crippen molar-refractivity contribution in [1.82, 2.24) is 0 Å². The van der Waals surface area contributed by atoms with Crippen LogP contribution in [0, 0.1) is 6.92 Å². The van der Waals surface area contributed by atoms with Crippen molar-refractivity contribution in [3.63, 3.8) is 0 Å². The molecule has 0 aliphatic carbocycles. The predicted octanol–water partition coefficient (Wildman–Crippen LogP) is 1.59. The molecule has 106 valence electrons. The second-order valence-electron chi connectivity index (χ2n) is 4.60. The van der Waals surface area contributed by atoms with Crippen LogP contribution in [0.3, 0.4) is 0 Å². The monoisotopic (exact) mass is 284 g/mol. The van der Waals surface area contributed by atoms with E-state index in [9.17, 15) is 8.42 Å². The summed E-state index contributed by atoms with van der Waals surface area (Å²) in [6.07, 6.45) is 0. The fourth-order valence-corrected chi connectivity index (χ4v) is 2.68. The molecule has 1 aromatic rings. The maximum absolute atomic E-state index is 11.7. The Morgan fingerprint density at radius 3 is 2.63 bits per heavy atom. The number of sulfonamides is 1. The molecule has 0 atom stereocenters. The molecule has 0 saturated carbocycles. The molecule has 0 spiro atoms. The minimum absolute atomic E-state index is 0.0776. The molecule has 5 nitrogen and oxygen atoms in total. The summed E-state index contributed by atoms with van der Waals surface area (Å²) in [6, 6.07) is 5.86. The minimum atomic E-state index is -3.24. The molecule has 2 rings (SSSR count). The minimum Gasteiger partial charge on any atom is -0.378 e. The highest BCUT2D eigenvalue weighted by Crippen LogP contribution is 2.24. The molecule has 0 amide bonds. The third-order valence-electron chi connectivity index (χ3n) is 3.24. The topological polar surface area (TPSA) is 58.6 Å². The van der Waals surface area contributed by atoms with Crippen molar-refractivity contribution in [2.45, 2.75) is 13.8 Å². The van der Waals surface area contributed by atoms with Crippen LogP contribution in [0.2, 0.25) is 0 Å². The van der Waals surface area contributed by atoms with Crippen LogP contribution >= 0.6 is 0 Å². The predicted molar refractivity (Wildman–Crippen MR) is 77.3 cm³/mol. The van der Waals surface area contributed by atoms with Gasteiger partial charge in [0.2, 0.25) is 10.0 Å². The molecule has 1 saturated heterocycles. The SMILES string of the molecule is CCS(=O)(=O)Nc1cc(N2CCOCC2)ccc1C. The maximum atomic E-state index is 11.7. The van der Waals surface area contributed by atoms with Crippen LogP contribution < -0.4 is 9.62 Å². The molecule has 1 N–H and O–H groups in total. The Kier molecular flexibility index (Phi) is 4.31. The molecule has 1 aliphatic rings. The van der Waals surface area contributed by atoms with Gasteiger partial charge in [-0.1, -0.05) is 6.07 Å². The van der Waals surface area contributed by atoms with Gasteiger partial charge in [0.05, 0.1) is 24.7 Å². The first-order valence-corrected chi connectivity index (χ1v) is 8.11. The average Bonchev–Trinajstić information content (AvgIpc) is 2.42. The van der Waals surface area contributed by atoms with Gasteiger partial charge in [-0.3, -0.25) is 4.72 Å². The summed E-state index contributed by atoms with van der Waals surface area (Å²) in [5.41, 5.74) is 2.61. The van der Waals surface area contributed by atoms with Gasteiger partial charge < -0.3 is 9.64 Å². The summed E-state index contributed by atoms with van der Waals surface area (Å²) in [4.78, 5) is 2.20. The number of ether oxygens (including phenoxy) is 1. The van der Waals surface area contributed by atoms with Crippen molar-refractivity contribution in [2.75, 3.05) is 41.7 Å². The van der Waals surface area contributed by atoms with Gasteiger partial charge >= 0.3 is 0 Å². The fourth-order valence-electron chi connectivity index (χ4n) is 1.98. The molecule has 0 bridgehead atoms. The van der Waals surface area contributed by atoms with E-state index < -0.39 is 10.0 Å². The number of aryl methyl sites for hydroxylation is 1. The van der Waals surface area contributed by atoms with E-state index in [-0.39, 0.29) is 5.75 Å². The van der Waals surface area contributed by atoms with Crippen LogP contribution in [-0.2, 0) is 14.8 Å². The average molecular weight is 284 g/mol. The molecule has 0 aromatic heterocycles. The highest BCUT2D eigenvalue weighted by atomic mass is 32.2. The van der Waals surface area contributed by atoms with Crippen LogP contribution in [0.5, 0.6) is 0 Å². The quantitative estimate of drug-likeness (QED) is 0.912. The zero-order valence-corrected chi connectivity index (χ0v) is 12.2. The molecule has 1 aromatic carbocycles. The fraction of sp³-hybridized carbons (Fsp3) is 0.538. The maximum Gasteiger partial charge on any atom is 0.232 e. The smallest absolute Gasteiger partial charge is 0.232 e. The van der Waals surface area contributed by atoms with Crippen LogP contribution in [0.15, 0.2) is 18.2 Å². The number of morpholine rings is 1. The lowest BCUT2D eigenvalue weighted by molar-refractivity contribution is 0.122. The number of hydrogen-bond acceptors (Lipinski definition) is 4. The number of anilines is 2. The Hall–Kier alpha value is -1.27. The van der Waals surface area contributed by atoms with Crippen LogP contribution in [0.25, 0.3) is 0 Å². The second-order valence-corrected chi connectivity index (χ2v) is 6.62. The number of nitrogens with one attached hydrogen (secondary N) is 1. The zero-order valence-electron chi connectivity index (χ0n) is 11.3. The molecule has 1 aliphatic heterocycles. The first-order valence-electron chi connectivity index (χ1n) is 6.45. The molecular weight excluding hydrogens is 264 g/mol. The van der Waals surface area contributed by atoms with Crippen LogP contribution in [-0.4, -0.2) is 40.5 Å². The Bertz CT molecular complexity index is 537. The lowest BCUT2D eigenvalue weighted by Gasteiger charge is -2.29. The summed E-state index contributed by atoms with van der Waals surface area (Å²) in [5.74, 6) is 0.0776. The number of rotatable bonds is 4. The van der Waals surface area contributed by atoms with Crippen molar-refractivity contribution >= 4 is 21.4 Å². The van der Waals surface area contributed by atoms with E-state index >= 15 is 0 Å². The first-order chi connectivity index (χ1) is 9.02. The molecule has 6 heteroatoms. The van der Waals surface area contributed by atoms with E-state index in [1.165, 1.54) is 0 Å². The number of hydrogen-bond donors (Lipinski definition) is 1. The Balaban J connectivity index is 2.24. The van der Waals surface area contributed by atoms with E-state index in [1.807, 2.05) is 25.1 Å². The van der Waals surface area contributed by atoms with Gasteiger partial charge in [-0.05, 0) is 31.5 Å². The van der Waals surface area contributed by atoms with Crippen LogP contribution in [0.1, 0.15) is 12.5 Å². The molecule has 19 heavy (non-hydrogen) atoms. The second kappa shape index (κ2) is 5.79. The Labute approximate surface area is 114 Å². The summed E-state index contributed by atoms with van der Waals surface area (Å²) in [5, 5.41) is 0. The summed E-state index contributed by atoms with van der Waals surface area (Å²) in [7, 11) is -3.24. The highest BCUT2D eigenvalue weighted by molar-refractivity contribution is 7.92. The van der Waals surface area contributed by atoms with E-state index in [2.05, 4.69) is 9.62 Å². The molecule has 1 heterocycles. The van der Waals surface area contributed by atoms with Crippen LogP contribution in [0.4, 0.5) is 11.4 Å². The summed E-state index contributed by atoms with van der Waals surface area (Å²) < 4.78 is 31.3. The lowest BCUT2D eigenvalue weighted by atomic mass is 10.1. The Morgan fingerprint density at radius 2 is 2.00 bits per heavy atom. The van der Waals surface area contributed by atoms with Crippen molar-refractivity contribution < 1.29 is 13.2 Å². The Morgan fingerprint density at radius 1 is 1.32 bits per heavy atom. The van der Waals surface area contributed by atoms with E-state index in [0.29, 0.717) is 18.9 Å². The van der Waals surface area contributed by atoms with E-state index in [0.717, 1.165) is 24.3 Å². The van der Waals surface area contributed by atoms with Crippen molar-refractivity contribution in [3.05, 3.63) is 23.8 Å². The lowest BCUT2D eigenvalue weighted by Crippen LogP contribution is -2.36. The van der Waals surface area contributed by atoms with Crippen molar-refractivity contribution in [3.8, 4) is 0 Å². The normalized spacial score (nSPS) is 16.4. The first kappa shape index (κ1) is 14.1. The van der Waals surface area contributed by atoms with Gasteiger partial charge in [-0.2, -0.15) is 0 Å². The van der Waals surface area contributed by atoms with Gasteiger partial charge in [-0.15, -0.1) is 0 Å². The highest BCUT2D eigenvalue weighted by Gasteiger charge is 2.14. The number of benzene rings is 1. The summed E-state index contributed by atoms with van der Waals surface area (Å²) >= 11 is 0. The molecule has 0 radical (unpaired) electrons. The molecule has 0 unspecified atom stereocenters. The van der Waals surface area contributed by atoms with E-state index in [1.54, 1.807) is 6.92 Å². The third kappa shape index (κ3) is 3.61. The summed E-state index contributed by atoms with van der Waals surface area (Å²) in [6.45, 7) is 6.62. The standard InChI is InChI=1S/C13H20N2O3S/c1-3-19(16,17)14-13-10-12(5-4-11(13)2)15-6-8-18-9-7-15/h4-5,10,14H,3,6-9H2,1-2H3.